The van der Waals surface area contributed by atoms with Crippen molar-refractivity contribution in [2.45, 2.75) is 45.1 Å². The van der Waals surface area contributed by atoms with E-state index in [1.807, 2.05) is 6.92 Å². The maximum absolute atomic E-state index is 5.50. The van der Waals surface area contributed by atoms with Crippen molar-refractivity contribution in [3.8, 4) is 0 Å². The highest BCUT2D eigenvalue weighted by Crippen LogP contribution is 2.36. The van der Waals surface area contributed by atoms with E-state index in [4.69, 9.17) is 14.5 Å². The van der Waals surface area contributed by atoms with Crippen molar-refractivity contribution < 1.29 is 9.47 Å². The molecule has 0 saturated carbocycles. The zero-order valence-electron chi connectivity index (χ0n) is 13.3. The van der Waals surface area contributed by atoms with Gasteiger partial charge in [0.1, 0.15) is 5.82 Å². The van der Waals surface area contributed by atoms with Crippen LogP contribution < -0.4 is 10.2 Å². The van der Waals surface area contributed by atoms with Crippen LogP contribution in [0.1, 0.15) is 36.8 Å². The number of methoxy groups -OCH3 is 2. The van der Waals surface area contributed by atoms with Crippen LogP contribution in [0, 0.1) is 0 Å². The molecule has 3 rings (SSSR count). The number of hydrogen-bond acceptors (Lipinski definition) is 5. The van der Waals surface area contributed by atoms with E-state index in [1.165, 1.54) is 5.56 Å². The second-order valence-electron chi connectivity index (χ2n) is 6.10. The van der Waals surface area contributed by atoms with Gasteiger partial charge in [0.2, 0.25) is 0 Å². The molecule has 2 aliphatic rings. The fourth-order valence-corrected chi connectivity index (χ4v) is 3.54. The van der Waals surface area contributed by atoms with Crippen LogP contribution in [0.4, 0.5) is 5.82 Å². The Morgan fingerprint density at radius 3 is 2.95 bits per heavy atom. The summed E-state index contributed by atoms with van der Waals surface area (Å²) >= 11 is 0. The molecule has 3 heterocycles. The number of ether oxygens (including phenoxy) is 2. The third-order valence-corrected chi connectivity index (χ3v) is 4.62. The highest BCUT2D eigenvalue weighted by molar-refractivity contribution is 5.57. The van der Waals surface area contributed by atoms with E-state index in [1.54, 1.807) is 14.2 Å². The fraction of sp³-hybridized carbons (Fsp3) is 0.688. The largest absolute Gasteiger partial charge is 0.380 e. The van der Waals surface area contributed by atoms with Gasteiger partial charge in [-0.2, -0.15) is 0 Å². The van der Waals surface area contributed by atoms with Gasteiger partial charge in [-0.3, -0.25) is 0 Å². The Bertz CT molecular complexity index is 520. The summed E-state index contributed by atoms with van der Waals surface area (Å²) in [5.41, 5.74) is 3.49. The normalized spacial score (nSPS) is 25.6. The summed E-state index contributed by atoms with van der Waals surface area (Å²) in [5.74, 6) is 1.15. The molecule has 0 aromatic carbocycles. The van der Waals surface area contributed by atoms with E-state index < -0.39 is 0 Å². The third-order valence-electron chi connectivity index (χ3n) is 4.62. The molecule has 0 unspecified atom stereocenters. The highest BCUT2D eigenvalue weighted by Gasteiger charge is 2.37. The topological polar surface area (TPSA) is 46.6 Å². The van der Waals surface area contributed by atoms with Crippen molar-refractivity contribution in [2.24, 2.45) is 0 Å². The van der Waals surface area contributed by atoms with Gasteiger partial charge in [-0.25, -0.2) is 4.98 Å². The molecule has 116 valence electrons. The van der Waals surface area contributed by atoms with Crippen LogP contribution in [0.15, 0.2) is 6.07 Å². The Hall–Kier alpha value is -1.17. The average molecular weight is 291 g/mol. The number of hydrogen-bond donors (Lipinski definition) is 1. The number of fused-ring (bicyclic) bond motifs is 3. The molecule has 3 atom stereocenters. The molecule has 1 fully saturated rings. The lowest BCUT2D eigenvalue weighted by atomic mass is 10.0. The monoisotopic (exact) mass is 291 g/mol. The second kappa shape index (κ2) is 5.91. The number of nitrogens with zero attached hydrogens (tertiary/aromatic N) is 2. The molecule has 1 aromatic rings. The number of aromatic nitrogens is 1. The SMILES string of the molecule is COCc1cc2c(nc1[C@H](C)OC)N1[C@@H](CNC[C@H]1C)C2. The summed E-state index contributed by atoms with van der Waals surface area (Å²) in [5, 5.41) is 3.51. The van der Waals surface area contributed by atoms with Crippen LogP contribution >= 0.6 is 0 Å². The molecular weight excluding hydrogens is 266 g/mol. The van der Waals surface area contributed by atoms with Crippen molar-refractivity contribution in [3.63, 3.8) is 0 Å². The Kier molecular flexibility index (Phi) is 4.15. The molecule has 1 saturated heterocycles. The summed E-state index contributed by atoms with van der Waals surface area (Å²) in [6.45, 7) is 6.95. The molecule has 0 spiro atoms. The van der Waals surface area contributed by atoms with Gasteiger partial charge in [-0.1, -0.05) is 0 Å². The number of nitrogens with one attached hydrogen (secondary N) is 1. The van der Waals surface area contributed by atoms with E-state index in [9.17, 15) is 0 Å². The standard InChI is InChI=1S/C16H25N3O2/c1-10-7-17-8-14-6-12-5-13(9-20-3)15(11(2)21-4)18-16(12)19(10)14/h5,10-11,14,17H,6-9H2,1-4H3/t10-,11+,14-/m1/s1. The van der Waals surface area contributed by atoms with E-state index in [2.05, 4.69) is 23.2 Å². The van der Waals surface area contributed by atoms with Crippen LogP contribution in [0.5, 0.6) is 0 Å². The lowest BCUT2D eigenvalue weighted by Crippen LogP contribution is -2.55. The average Bonchev–Trinajstić information content (AvgIpc) is 2.84. The number of piperazine rings is 1. The van der Waals surface area contributed by atoms with E-state index >= 15 is 0 Å². The number of rotatable bonds is 4. The van der Waals surface area contributed by atoms with Gasteiger partial charge < -0.3 is 19.7 Å². The Morgan fingerprint density at radius 2 is 2.24 bits per heavy atom. The van der Waals surface area contributed by atoms with E-state index in [-0.39, 0.29) is 6.10 Å². The molecular formula is C16H25N3O2. The van der Waals surface area contributed by atoms with Gasteiger partial charge in [0.05, 0.1) is 18.4 Å². The fourth-order valence-electron chi connectivity index (χ4n) is 3.54. The van der Waals surface area contributed by atoms with E-state index in [0.29, 0.717) is 18.7 Å². The molecule has 0 aliphatic carbocycles. The van der Waals surface area contributed by atoms with Gasteiger partial charge in [0, 0.05) is 45.0 Å². The molecule has 1 aromatic heterocycles. The summed E-state index contributed by atoms with van der Waals surface area (Å²) in [6.07, 6.45) is 1.05. The van der Waals surface area contributed by atoms with Gasteiger partial charge in [-0.15, -0.1) is 0 Å². The molecule has 5 nitrogen and oxygen atoms in total. The van der Waals surface area contributed by atoms with Crippen LogP contribution in [0.2, 0.25) is 0 Å². The van der Waals surface area contributed by atoms with Crippen LogP contribution in [0.3, 0.4) is 0 Å². The minimum absolute atomic E-state index is 0.0160. The minimum atomic E-state index is -0.0160. The van der Waals surface area contributed by atoms with Gasteiger partial charge in [0.15, 0.2) is 0 Å². The van der Waals surface area contributed by atoms with Crippen molar-refractivity contribution >= 4 is 5.82 Å². The molecule has 1 N–H and O–H groups in total. The Morgan fingerprint density at radius 1 is 1.43 bits per heavy atom. The number of pyridine rings is 1. The van der Waals surface area contributed by atoms with Crippen molar-refractivity contribution in [1.29, 1.82) is 0 Å². The van der Waals surface area contributed by atoms with Crippen molar-refractivity contribution in [2.75, 3.05) is 32.2 Å². The van der Waals surface area contributed by atoms with Gasteiger partial charge in [-0.05, 0) is 31.9 Å². The van der Waals surface area contributed by atoms with Crippen molar-refractivity contribution in [1.82, 2.24) is 10.3 Å². The maximum Gasteiger partial charge on any atom is 0.132 e. The first kappa shape index (κ1) is 14.8. The maximum atomic E-state index is 5.50. The van der Waals surface area contributed by atoms with Crippen LogP contribution in [0.25, 0.3) is 0 Å². The Balaban J connectivity index is 2.03. The predicted molar refractivity (Wildman–Crippen MR) is 82.7 cm³/mol. The van der Waals surface area contributed by atoms with Gasteiger partial charge >= 0.3 is 0 Å². The zero-order chi connectivity index (χ0) is 15.0. The zero-order valence-corrected chi connectivity index (χ0v) is 13.3. The quantitative estimate of drug-likeness (QED) is 0.914. The Labute approximate surface area is 126 Å². The first-order chi connectivity index (χ1) is 10.2. The lowest BCUT2D eigenvalue weighted by Gasteiger charge is -2.38. The van der Waals surface area contributed by atoms with E-state index in [0.717, 1.165) is 36.6 Å². The van der Waals surface area contributed by atoms with Crippen LogP contribution in [-0.4, -0.2) is 44.4 Å². The summed E-state index contributed by atoms with van der Waals surface area (Å²) < 4.78 is 10.8. The third kappa shape index (κ3) is 2.54. The second-order valence-corrected chi connectivity index (χ2v) is 6.10. The molecule has 0 amide bonds. The highest BCUT2D eigenvalue weighted by atomic mass is 16.5. The van der Waals surface area contributed by atoms with Gasteiger partial charge in [0.25, 0.3) is 0 Å². The predicted octanol–water partition coefficient (Wildman–Crippen LogP) is 1.66. The van der Waals surface area contributed by atoms with Crippen LogP contribution in [-0.2, 0) is 22.5 Å². The molecule has 0 radical (unpaired) electrons. The minimum Gasteiger partial charge on any atom is -0.380 e. The first-order valence-corrected chi connectivity index (χ1v) is 7.69. The number of anilines is 1. The molecule has 0 bridgehead atoms. The first-order valence-electron chi connectivity index (χ1n) is 7.69. The molecule has 5 heteroatoms. The summed E-state index contributed by atoms with van der Waals surface area (Å²) in [7, 11) is 3.45. The summed E-state index contributed by atoms with van der Waals surface area (Å²) in [4.78, 5) is 7.45. The van der Waals surface area contributed by atoms with Crippen molar-refractivity contribution in [3.05, 3.63) is 22.9 Å². The molecule has 21 heavy (non-hydrogen) atoms. The summed E-state index contributed by atoms with van der Waals surface area (Å²) in [6, 6.07) is 3.28. The molecule has 2 aliphatic heterocycles. The lowest BCUT2D eigenvalue weighted by molar-refractivity contribution is 0.111. The smallest absolute Gasteiger partial charge is 0.132 e.